The SMILES string of the molecule is CCCC/C=C\C=C/CCCCCC(=O)OCC(COC(=O)CCCCCCC\C=C/C=C\C=C/C=C\CCCCC)OC(=O)CCCCC/C=C\C=C/CCCC. The van der Waals surface area contributed by atoms with Crippen LogP contribution in [0.4, 0.5) is 0 Å². The molecule has 0 fully saturated rings. The third kappa shape index (κ3) is 43.5. The zero-order valence-corrected chi connectivity index (χ0v) is 37.3. The summed E-state index contributed by atoms with van der Waals surface area (Å²) >= 11 is 0. The third-order valence-corrected chi connectivity index (χ3v) is 9.43. The summed E-state index contributed by atoms with van der Waals surface area (Å²) in [6.45, 7) is 6.39. The number of allylic oxidation sites excluding steroid dienone is 16. The molecule has 0 heterocycles. The highest BCUT2D eigenvalue weighted by atomic mass is 16.6. The molecule has 58 heavy (non-hydrogen) atoms. The molecule has 0 spiro atoms. The normalized spacial score (nSPS) is 12.9. The molecule has 0 bridgehead atoms. The predicted molar refractivity (Wildman–Crippen MR) is 247 cm³/mol. The maximum absolute atomic E-state index is 12.7. The van der Waals surface area contributed by atoms with Gasteiger partial charge in [-0.2, -0.15) is 0 Å². The summed E-state index contributed by atoms with van der Waals surface area (Å²) < 4.78 is 16.6. The smallest absolute Gasteiger partial charge is 0.306 e. The van der Waals surface area contributed by atoms with E-state index in [0.717, 1.165) is 109 Å². The van der Waals surface area contributed by atoms with Crippen LogP contribution in [0.5, 0.6) is 0 Å². The summed E-state index contributed by atoms with van der Waals surface area (Å²) in [5.41, 5.74) is 0. The first-order valence-electron chi connectivity index (χ1n) is 23.3. The van der Waals surface area contributed by atoms with E-state index in [4.69, 9.17) is 14.2 Å². The van der Waals surface area contributed by atoms with Gasteiger partial charge in [-0.3, -0.25) is 14.4 Å². The molecule has 0 radical (unpaired) electrons. The number of ether oxygens (including phenoxy) is 3. The van der Waals surface area contributed by atoms with Crippen molar-refractivity contribution >= 4 is 17.9 Å². The van der Waals surface area contributed by atoms with Gasteiger partial charge in [-0.15, -0.1) is 0 Å². The molecule has 6 nitrogen and oxygen atoms in total. The Morgan fingerprint density at radius 3 is 1.05 bits per heavy atom. The van der Waals surface area contributed by atoms with E-state index in [0.29, 0.717) is 12.8 Å². The molecule has 1 atom stereocenters. The van der Waals surface area contributed by atoms with Crippen molar-refractivity contribution in [3.63, 3.8) is 0 Å². The molecule has 6 heteroatoms. The summed E-state index contributed by atoms with van der Waals surface area (Å²) in [4.78, 5) is 37.7. The van der Waals surface area contributed by atoms with Gasteiger partial charge in [0.05, 0.1) is 0 Å². The van der Waals surface area contributed by atoms with Crippen LogP contribution in [0.1, 0.15) is 194 Å². The Morgan fingerprint density at radius 1 is 0.345 bits per heavy atom. The fourth-order valence-electron chi connectivity index (χ4n) is 5.82. The molecule has 0 aromatic carbocycles. The monoisotopic (exact) mass is 805 g/mol. The molecule has 0 rings (SSSR count). The Hall–Kier alpha value is -3.67. The highest BCUT2D eigenvalue weighted by molar-refractivity contribution is 5.71. The van der Waals surface area contributed by atoms with Crippen LogP contribution in [-0.2, 0) is 28.6 Å². The molecular formula is C52H84O6. The number of rotatable bonds is 40. The Bertz CT molecular complexity index is 1200. The highest BCUT2D eigenvalue weighted by Gasteiger charge is 2.19. The van der Waals surface area contributed by atoms with Crippen LogP contribution in [0, 0.1) is 0 Å². The highest BCUT2D eigenvalue weighted by Crippen LogP contribution is 2.11. The van der Waals surface area contributed by atoms with E-state index in [9.17, 15) is 14.4 Å². The van der Waals surface area contributed by atoms with Gasteiger partial charge in [-0.25, -0.2) is 0 Å². The summed E-state index contributed by atoms with van der Waals surface area (Å²) in [7, 11) is 0. The van der Waals surface area contributed by atoms with Gasteiger partial charge in [0.15, 0.2) is 6.10 Å². The van der Waals surface area contributed by atoms with Crippen LogP contribution >= 0.6 is 0 Å². The first-order chi connectivity index (χ1) is 28.5. The predicted octanol–water partition coefficient (Wildman–Crippen LogP) is 15.0. The van der Waals surface area contributed by atoms with Gasteiger partial charge >= 0.3 is 17.9 Å². The fraction of sp³-hybridized carbons (Fsp3) is 0.635. The van der Waals surface area contributed by atoms with Gasteiger partial charge in [0.2, 0.25) is 0 Å². The number of carbonyl (C=O) groups excluding carboxylic acids is 3. The lowest BCUT2D eigenvalue weighted by Gasteiger charge is -2.18. The van der Waals surface area contributed by atoms with Gasteiger partial charge in [-0.1, -0.05) is 189 Å². The fourth-order valence-corrected chi connectivity index (χ4v) is 5.82. The van der Waals surface area contributed by atoms with Crippen molar-refractivity contribution in [2.45, 2.75) is 200 Å². The second-order valence-electron chi connectivity index (χ2n) is 15.1. The molecule has 0 N–H and O–H groups in total. The molecule has 0 aliphatic heterocycles. The zero-order valence-electron chi connectivity index (χ0n) is 37.3. The van der Waals surface area contributed by atoms with Crippen LogP contribution in [-0.4, -0.2) is 37.2 Å². The van der Waals surface area contributed by atoms with Crippen LogP contribution in [0.3, 0.4) is 0 Å². The largest absolute Gasteiger partial charge is 0.462 e. The lowest BCUT2D eigenvalue weighted by molar-refractivity contribution is -0.167. The van der Waals surface area contributed by atoms with Crippen LogP contribution < -0.4 is 0 Å². The van der Waals surface area contributed by atoms with E-state index < -0.39 is 6.10 Å². The first kappa shape index (κ1) is 54.3. The van der Waals surface area contributed by atoms with Gasteiger partial charge in [0.25, 0.3) is 0 Å². The minimum atomic E-state index is -0.811. The van der Waals surface area contributed by atoms with Gasteiger partial charge < -0.3 is 14.2 Å². The van der Waals surface area contributed by atoms with Gasteiger partial charge in [0.1, 0.15) is 13.2 Å². The second kappa shape index (κ2) is 46.0. The number of carbonyl (C=O) groups is 3. The molecule has 0 aromatic rings. The van der Waals surface area contributed by atoms with E-state index in [1.54, 1.807) is 0 Å². The minimum Gasteiger partial charge on any atom is -0.462 e. The van der Waals surface area contributed by atoms with Gasteiger partial charge in [-0.05, 0) is 83.5 Å². The van der Waals surface area contributed by atoms with Crippen LogP contribution in [0.2, 0.25) is 0 Å². The molecule has 0 aliphatic rings. The quantitative estimate of drug-likeness (QED) is 0.0266. The molecule has 328 valence electrons. The Morgan fingerprint density at radius 2 is 0.638 bits per heavy atom. The summed E-state index contributed by atoms with van der Waals surface area (Å²) in [6, 6.07) is 0. The van der Waals surface area contributed by atoms with Crippen molar-refractivity contribution in [1.29, 1.82) is 0 Å². The minimum absolute atomic E-state index is 0.111. The van der Waals surface area contributed by atoms with Crippen LogP contribution in [0.15, 0.2) is 97.2 Å². The molecule has 0 saturated heterocycles. The Balaban J connectivity index is 4.48. The van der Waals surface area contributed by atoms with Crippen molar-refractivity contribution in [2.24, 2.45) is 0 Å². The summed E-state index contributed by atoms with van der Waals surface area (Å²) in [5, 5.41) is 0. The molecule has 0 amide bonds. The standard InChI is InChI=1S/C52H84O6/c1-4-7-10-13-16-19-22-23-24-25-26-27-28-31-33-36-39-42-45-51(54)57-48-49(58-52(55)46-43-40-37-34-30-21-18-15-12-9-6-3)47-56-50(53)44-41-38-35-32-29-20-17-14-11-8-5-2/h14-27,29-30,49H,4-13,28,31-48H2,1-3H3/b17-14-,18-15-,19-16-,23-22-,25-24-,27-26-,29-20-,30-21-. The molecule has 0 aromatic heterocycles. The van der Waals surface area contributed by atoms with Crippen molar-refractivity contribution in [3.8, 4) is 0 Å². The molecular weight excluding hydrogens is 721 g/mol. The van der Waals surface area contributed by atoms with Crippen LogP contribution in [0.25, 0.3) is 0 Å². The van der Waals surface area contributed by atoms with Crippen molar-refractivity contribution < 1.29 is 28.6 Å². The van der Waals surface area contributed by atoms with E-state index >= 15 is 0 Å². The van der Waals surface area contributed by atoms with Crippen molar-refractivity contribution in [2.75, 3.05) is 13.2 Å². The van der Waals surface area contributed by atoms with Crippen molar-refractivity contribution in [1.82, 2.24) is 0 Å². The lowest BCUT2D eigenvalue weighted by atomic mass is 10.1. The zero-order chi connectivity index (χ0) is 42.3. The van der Waals surface area contributed by atoms with E-state index in [-0.39, 0.29) is 37.5 Å². The van der Waals surface area contributed by atoms with Gasteiger partial charge in [0, 0.05) is 19.3 Å². The third-order valence-electron chi connectivity index (χ3n) is 9.43. The average Bonchev–Trinajstić information content (AvgIpc) is 3.22. The van der Waals surface area contributed by atoms with E-state index in [1.807, 2.05) is 0 Å². The number of esters is 3. The Labute approximate surface area is 356 Å². The number of unbranched alkanes of at least 4 members (excludes halogenated alkanes) is 18. The molecule has 0 saturated carbocycles. The maximum atomic E-state index is 12.7. The Kier molecular flexibility index (Phi) is 43.1. The van der Waals surface area contributed by atoms with Crippen molar-refractivity contribution in [3.05, 3.63) is 97.2 Å². The summed E-state index contributed by atoms with van der Waals surface area (Å²) in [5.74, 6) is -0.999. The maximum Gasteiger partial charge on any atom is 0.306 e. The second-order valence-corrected chi connectivity index (χ2v) is 15.1. The number of hydrogen-bond acceptors (Lipinski definition) is 6. The van der Waals surface area contributed by atoms with E-state index in [2.05, 4.69) is 118 Å². The summed E-state index contributed by atoms with van der Waals surface area (Å²) in [6.07, 6.45) is 59.6. The number of hydrogen-bond donors (Lipinski definition) is 0. The molecule has 0 aliphatic carbocycles. The first-order valence-corrected chi connectivity index (χ1v) is 23.3. The van der Waals surface area contributed by atoms with E-state index in [1.165, 1.54) is 44.9 Å². The topological polar surface area (TPSA) is 78.9 Å². The lowest BCUT2D eigenvalue weighted by Crippen LogP contribution is -2.30. The average molecular weight is 805 g/mol. The molecule has 1 unspecified atom stereocenters.